The van der Waals surface area contributed by atoms with Crippen molar-refractivity contribution >= 4 is 23.3 Å². The maximum Gasteiger partial charge on any atom is 0.359 e. The number of aromatic nitrogens is 2. The highest BCUT2D eigenvalue weighted by Crippen LogP contribution is 2.21. The lowest BCUT2D eigenvalue weighted by Crippen LogP contribution is -2.14. The van der Waals surface area contributed by atoms with E-state index in [-0.39, 0.29) is 6.61 Å². The normalized spacial score (nSPS) is 10.7. The smallest absolute Gasteiger partial charge is 0.359 e. The van der Waals surface area contributed by atoms with Gasteiger partial charge in [-0.15, -0.1) is 0 Å². The summed E-state index contributed by atoms with van der Waals surface area (Å²) in [5.74, 6) is -0.494. The number of rotatable bonds is 4. The molecule has 0 aliphatic carbocycles. The highest BCUT2D eigenvalue weighted by molar-refractivity contribution is 6.31. The van der Waals surface area contributed by atoms with E-state index in [0.29, 0.717) is 28.6 Å². The van der Waals surface area contributed by atoms with Gasteiger partial charge in [-0.3, -0.25) is 4.68 Å². The van der Waals surface area contributed by atoms with Gasteiger partial charge in [0.1, 0.15) is 6.61 Å². The molecule has 21 heavy (non-hydrogen) atoms. The van der Waals surface area contributed by atoms with Crippen molar-refractivity contribution in [1.29, 1.82) is 0 Å². The van der Waals surface area contributed by atoms with Gasteiger partial charge in [0.15, 0.2) is 5.69 Å². The van der Waals surface area contributed by atoms with E-state index in [4.69, 9.17) is 22.1 Å². The minimum atomic E-state index is -0.494. The molecule has 0 bridgehead atoms. The molecule has 0 aliphatic heterocycles. The largest absolute Gasteiger partial charge is 0.456 e. The van der Waals surface area contributed by atoms with Gasteiger partial charge in [0.25, 0.3) is 0 Å². The SMILES string of the molecule is CCn1nc(C)c(N)c1C(=O)OCc1ccc(C)cc1Cl. The van der Waals surface area contributed by atoms with Crippen LogP contribution in [0, 0.1) is 13.8 Å². The number of hydrogen-bond donors (Lipinski definition) is 1. The number of nitrogens with two attached hydrogens (primary N) is 1. The summed E-state index contributed by atoms with van der Waals surface area (Å²) in [6.45, 7) is 6.25. The molecule has 0 aliphatic rings. The fourth-order valence-electron chi connectivity index (χ4n) is 2.02. The van der Waals surface area contributed by atoms with E-state index >= 15 is 0 Å². The Kier molecular flexibility index (Phi) is 4.53. The van der Waals surface area contributed by atoms with E-state index in [1.165, 1.54) is 0 Å². The van der Waals surface area contributed by atoms with Crippen LogP contribution in [0.25, 0.3) is 0 Å². The quantitative estimate of drug-likeness (QED) is 0.881. The number of carbonyl (C=O) groups excluding carboxylic acids is 1. The Morgan fingerprint density at radius 2 is 2.14 bits per heavy atom. The first-order chi connectivity index (χ1) is 9.93. The number of nitrogens with zero attached hydrogens (tertiary/aromatic N) is 2. The van der Waals surface area contributed by atoms with Crippen molar-refractivity contribution in [2.24, 2.45) is 0 Å². The van der Waals surface area contributed by atoms with Crippen LogP contribution in [0.15, 0.2) is 18.2 Å². The summed E-state index contributed by atoms with van der Waals surface area (Å²) in [6.07, 6.45) is 0. The molecule has 2 rings (SSSR count). The van der Waals surface area contributed by atoms with Crippen molar-refractivity contribution in [3.05, 3.63) is 45.7 Å². The number of halogens is 1. The van der Waals surface area contributed by atoms with Gasteiger partial charge in [-0.2, -0.15) is 5.10 Å². The molecular weight excluding hydrogens is 290 g/mol. The molecule has 0 saturated heterocycles. The van der Waals surface area contributed by atoms with Crippen LogP contribution in [0.3, 0.4) is 0 Å². The number of hydrogen-bond acceptors (Lipinski definition) is 4. The van der Waals surface area contributed by atoms with Crippen LogP contribution in [0.5, 0.6) is 0 Å². The second kappa shape index (κ2) is 6.18. The molecule has 0 amide bonds. The maximum absolute atomic E-state index is 12.2. The Balaban J connectivity index is 2.15. The van der Waals surface area contributed by atoms with E-state index in [2.05, 4.69) is 5.10 Å². The first-order valence-electron chi connectivity index (χ1n) is 6.69. The number of anilines is 1. The Labute approximate surface area is 128 Å². The monoisotopic (exact) mass is 307 g/mol. The average Bonchev–Trinajstić information content (AvgIpc) is 2.73. The van der Waals surface area contributed by atoms with Crippen LogP contribution in [0.4, 0.5) is 5.69 Å². The van der Waals surface area contributed by atoms with Gasteiger partial charge in [0.05, 0.1) is 11.4 Å². The summed E-state index contributed by atoms with van der Waals surface area (Å²) in [4.78, 5) is 12.2. The zero-order chi connectivity index (χ0) is 15.6. The zero-order valence-corrected chi connectivity index (χ0v) is 13.1. The van der Waals surface area contributed by atoms with Crippen LogP contribution < -0.4 is 5.73 Å². The molecule has 2 N–H and O–H groups in total. The van der Waals surface area contributed by atoms with Crippen molar-refractivity contribution in [3.63, 3.8) is 0 Å². The Morgan fingerprint density at radius 1 is 1.43 bits per heavy atom. The fourth-order valence-corrected chi connectivity index (χ4v) is 2.31. The highest BCUT2D eigenvalue weighted by atomic mass is 35.5. The molecule has 6 heteroatoms. The summed E-state index contributed by atoms with van der Waals surface area (Å²) >= 11 is 6.12. The molecule has 0 unspecified atom stereocenters. The predicted molar refractivity (Wildman–Crippen MR) is 82.4 cm³/mol. The van der Waals surface area contributed by atoms with Gasteiger partial charge in [0, 0.05) is 17.1 Å². The predicted octanol–water partition coefficient (Wildman–Crippen LogP) is 3.11. The van der Waals surface area contributed by atoms with Crippen LogP contribution in [-0.4, -0.2) is 15.7 Å². The van der Waals surface area contributed by atoms with Gasteiger partial charge in [-0.25, -0.2) is 4.79 Å². The molecule has 1 aromatic carbocycles. The standard InChI is InChI=1S/C15H18ClN3O2/c1-4-19-14(13(17)10(3)18-19)15(20)21-8-11-6-5-9(2)7-12(11)16/h5-7H,4,8,17H2,1-3H3. The molecule has 1 heterocycles. The summed E-state index contributed by atoms with van der Waals surface area (Å²) < 4.78 is 6.85. The second-order valence-corrected chi connectivity index (χ2v) is 5.24. The molecule has 2 aromatic rings. The summed E-state index contributed by atoms with van der Waals surface area (Å²) in [7, 11) is 0. The third kappa shape index (κ3) is 3.19. The van der Waals surface area contributed by atoms with Crippen LogP contribution in [0.1, 0.15) is 34.2 Å². The average molecular weight is 308 g/mol. The van der Waals surface area contributed by atoms with E-state index in [9.17, 15) is 4.79 Å². The van der Waals surface area contributed by atoms with Gasteiger partial charge < -0.3 is 10.5 Å². The minimum absolute atomic E-state index is 0.103. The third-order valence-corrected chi connectivity index (χ3v) is 3.59. The molecule has 0 spiro atoms. The maximum atomic E-state index is 12.2. The van der Waals surface area contributed by atoms with Crippen LogP contribution in [0.2, 0.25) is 5.02 Å². The number of benzene rings is 1. The van der Waals surface area contributed by atoms with Crippen molar-refractivity contribution in [2.75, 3.05) is 5.73 Å². The first-order valence-corrected chi connectivity index (χ1v) is 7.06. The van der Waals surface area contributed by atoms with E-state index in [1.807, 2.05) is 32.0 Å². The molecule has 0 fully saturated rings. The Bertz CT molecular complexity index is 680. The topological polar surface area (TPSA) is 70.1 Å². The molecule has 5 nitrogen and oxygen atoms in total. The third-order valence-electron chi connectivity index (χ3n) is 3.23. The highest BCUT2D eigenvalue weighted by Gasteiger charge is 2.20. The first kappa shape index (κ1) is 15.4. The number of aryl methyl sites for hydroxylation is 3. The molecule has 0 saturated carbocycles. The fraction of sp³-hybridized carbons (Fsp3) is 0.333. The number of carbonyl (C=O) groups is 1. The molecule has 0 radical (unpaired) electrons. The zero-order valence-electron chi connectivity index (χ0n) is 12.3. The lowest BCUT2D eigenvalue weighted by atomic mass is 10.2. The van der Waals surface area contributed by atoms with Gasteiger partial charge in [-0.05, 0) is 32.4 Å². The summed E-state index contributed by atoms with van der Waals surface area (Å²) in [6, 6.07) is 5.60. The van der Waals surface area contributed by atoms with Gasteiger partial charge in [0.2, 0.25) is 0 Å². The van der Waals surface area contributed by atoms with E-state index in [0.717, 1.165) is 11.1 Å². The van der Waals surface area contributed by atoms with Gasteiger partial charge >= 0.3 is 5.97 Å². The number of nitrogen functional groups attached to an aromatic ring is 1. The molecule has 0 atom stereocenters. The summed E-state index contributed by atoms with van der Waals surface area (Å²) in [5.41, 5.74) is 8.97. The molecular formula is C15H18ClN3O2. The van der Waals surface area contributed by atoms with Crippen LogP contribution >= 0.6 is 11.6 Å². The van der Waals surface area contributed by atoms with Gasteiger partial charge in [-0.1, -0.05) is 23.7 Å². The number of esters is 1. The number of ether oxygens (including phenoxy) is 1. The van der Waals surface area contributed by atoms with E-state index in [1.54, 1.807) is 11.6 Å². The van der Waals surface area contributed by atoms with Crippen molar-refractivity contribution in [1.82, 2.24) is 9.78 Å². The van der Waals surface area contributed by atoms with Crippen LogP contribution in [-0.2, 0) is 17.9 Å². The Hall–Kier alpha value is -2.01. The lowest BCUT2D eigenvalue weighted by molar-refractivity contribution is 0.0460. The second-order valence-electron chi connectivity index (χ2n) is 4.83. The van der Waals surface area contributed by atoms with E-state index < -0.39 is 5.97 Å². The molecule has 1 aromatic heterocycles. The van der Waals surface area contributed by atoms with Crippen molar-refractivity contribution in [3.8, 4) is 0 Å². The van der Waals surface area contributed by atoms with Crippen molar-refractivity contribution < 1.29 is 9.53 Å². The Morgan fingerprint density at radius 3 is 2.76 bits per heavy atom. The minimum Gasteiger partial charge on any atom is -0.456 e. The lowest BCUT2D eigenvalue weighted by Gasteiger charge is -2.09. The molecule has 112 valence electrons. The summed E-state index contributed by atoms with van der Waals surface area (Å²) in [5, 5.41) is 4.78. The van der Waals surface area contributed by atoms with Crippen molar-refractivity contribution in [2.45, 2.75) is 33.9 Å².